The number of carbonyl (C=O) groups excluding carboxylic acids is 1. The number of nitrogens with zero attached hydrogens (tertiary/aromatic N) is 1. The van der Waals surface area contributed by atoms with E-state index in [1.54, 1.807) is 6.08 Å². The molecule has 0 aromatic carbocycles. The summed E-state index contributed by atoms with van der Waals surface area (Å²) in [6, 6.07) is 1.17. The van der Waals surface area contributed by atoms with E-state index in [1.807, 2.05) is 0 Å². The summed E-state index contributed by atoms with van der Waals surface area (Å²) in [5, 5.41) is 0. The molecule has 0 aromatic rings. The number of hydrogen-bond acceptors (Lipinski definition) is 3. The molecule has 2 saturated heterocycles. The number of esters is 1. The van der Waals surface area contributed by atoms with Gasteiger partial charge in [0.25, 0.3) is 0 Å². The molecule has 3 atom stereocenters. The Hall–Kier alpha value is -0.830. The van der Waals surface area contributed by atoms with Crippen molar-refractivity contribution in [2.24, 2.45) is 0 Å². The van der Waals surface area contributed by atoms with Gasteiger partial charge in [0.05, 0.1) is 6.04 Å². The molecule has 16 heavy (non-hydrogen) atoms. The maximum atomic E-state index is 11.5. The van der Waals surface area contributed by atoms with Gasteiger partial charge in [0.1, 0.15) is 0 Å². The predicted octanol–water partition coefficient (Wildman–Crippen LogP) is 1.63. The maximum absolute atomic E-state index is 11.5. The van der Waals surface area contributed by atoms with Crippen LogP contribution in [-0.4, -0.2) is 35.1 Å². The highest BCUT2D eigenvalue weighted by Gasteiger charge is 2.61. The summed E-state index contributed by atoms with van der Waals surface area (Å²) in [6.45, 7) is 1.21. The minimum Gasteiger partial charge on any atom is -0.450 e. The fourth-order valence-corrected chi connectivity index (χ4v) is 4.36. The Balaban J connectivity index is 1.80. The van der Waals surface area contributed by atoms with E-state index in [9.17, 15) is 4.79 Å². The molecule has 0 amide bonds. The largest absolute Gasteiger partial charge is 0.450 e. The quantitative estimate of drug-likeness (QED) is 0.580. The summed E-state index contributed by atoms with van der Waals surface area (Å²) in [5.41, 5.74) is 1.10. The molecule has 1 spiro atoms. The SMILES string of the molecule is O=C1C=C2CC[C@@H]3C[C@@]2(O1)C1CCCCN13. The van der Waals surface area contributed by atoms with Crippen molar-refractivity contribution in [1.29, 1.82) is 0 Å². The van der Waals surface area contributed by atoms with Crippen LogP contribution in [0.5, 0.6) is 0 Å². The van der Waals surface area contributed by atoms with Crippen molar-refractivity contribution in [2.45, 2.75) is 56.2 Å². The van der Waals surface area contributed by atoms with Gasteiger partial charge in [-0.15, -0.1) is 0 Å². The van der Waals surface area contributed by atoms with Crippen LogP contribution in [0.4, 0.5) is 0 Å². The van der Waals surface area contributed by atoms with Crippen molar-refractivity contribution in [2.75, 3.05) is 6.54 Å². The van der Waals surface area contributed by atoms with E-state index in [2.05, 4.69) is 4.90 Å². The van der Waals surface area contributed by atoms with Crippen molar-refractivity contribution in [3.8, 4) is 0 Å². The van der Waals surface area contributed by atoms with Crippen LogP contribution < -0.4 is 0 Å². The summed E-state index contributed by atoms with van der Waals surface area (Å²) in [6.07, 6.45) is 8.95. The van der Waals surface area contributed by atoms with Crippen molar-refractivity contribution in [3.63, 3.8) is 0 Å². The molecule has 4 aliphatic rings. The van der Waals surface area contributed by atoms with E-state index in [-0.39, 0.29) is 11.6 Å². The van der Waals surface area contributed by atoms with Crippen LogP contribution in [0.3, 0.4) is 0 Å². The molecule has 3 heteroatoms. The zero-order valence-corrected chi connectivity index (χ0v) is 9.45. The molecule has 0 N–H and O–H groups in total. The summed E-state index contributed by atoms with van der Waals surface area (Å²) in [7, 11) is 0. The molecule has 4 rings (SSSR count). The first-order valence-corrected chi connectivity index (χ1v) is 6.49. The Morgan fingerprint density at radius 1 is 1.38 bits per heavy atom. The highest BCUT2D eigenvalue weighted by Crippen LogP contribution is 2.53. The number of piperidine rings is 1. The summed E-state index contributed by atoms with van der Waals surface area (Å²) in [5.74, 6) is -0.0944. The van der Waals surface area contributed by atoms with E-state index in [4.69, 9.17) is 4.74 Å². The Kier molecular flexibility index (Phi) is 1.67. The van der Waals surface area contributed by atoms with Crippen molar-refractivity contribution >= 4 is 5.97 Å². The zero-order valence-electron chi connectivity index (χ0n) is 9.45. The average Bonchev–Trinajstić information content (AvgIpc) is 2.76. The van der Waals surface area contributed by atoms with Crippen LogP contribution in [0.1, 0.15) is 38.5 Å². The average molecular weight is 219 g/mol. The molecule has 2 bridgehead atoms. The fourth-order valence-electron chi connectivity index (χ4n) is 4.36. The smallest absolute Gasteiger partial charge is 0.331 e. The monoisotopic (exact) mass is 219 g/mol. The van der Waals surface area contributed by atoms with Gasteiger partial charge in [0, 0.05) is 18.5 Å². The van der Waals surface area contributed by atoms with Crippen LogP contribution in [0.15, 0.2) is 11.6 Å². The highest BCUT2D eigenvalue weighted by molar-refractivity contribution is 5.87. The van der Waals surface area contributed by atoms with E-state index in [0.717, 1.165) is 12.8 Å². The van der Waals surface area contributed by atoms with Gasteiger partial charge in [-0.1, -0.05) is 6.42 Å². The number of ether oxygens (including phenoxy) is 1. The summed E-state index contributed by atoms with van der Waals surface area (Å²) in [4.78, 5) is 14.2. The van der Waals surface area contributed by atoms with Crippen LogP contribution >= 0.6 is 0 Å². The molecule has 86 valence electrons. The molecule has 3 fully saturated rings. The Morgan fingerprint density at radius 2 is 2.31 bits per heavy atom. The van der Waals surface area contributed by atoms with E-state index in [0.29, 0.717) is 12.1 Å². The molecular formula is C13H17NO2. The maximum Gasteiger partial charge on any atom is 0.331 e. The van der Waals surface area contributed by atoms with Gasteiger partial charge in [0.2, 0.25) is 0 Å². The molecule has 0 radical (unpaired) electrons. The lowest BCUT2D eigenvalue weighted by molar-refractivity contribution is -0.148. The zero-order chi connectivity index (χ0) is 10.8. The first-order valence-electron chi connectivity index (χ1n) is 6.49. The van der Waals surface area contributed by atoms with Gasteiger partial charge in [-0.2, -0.15) is 0 Å². The molecule has 3 nitrogen and oxygen atoms in total. The molecule has 1 unspecified atom stereocenters. The minimum atomic E-state index is -0.194. The first-order chi connectivity index (χ1) is 7.79. The van der Waals surface area contributed by atoms with Crippen LogP contribution in [0, 0.1) is 0 Å². The van der Waals surface area contributed by atoms with Gasteiger partial charge in [-0.05, 0) is 37.8 Å². The normalized spacial score (nSPS) is 46.0. The predicted molar refractivity (Wildman–Crippen MR) is 58.9 cm³/mol. The molecule has 0 aromatic heterocycles. The van der Waals surface area contributed by atoms with Gasteiger partial charge in [0.15, 0.2) is 5.60 Å². The first kappa shape index (κ1) is 9.23. The lowest BCUT2D eigenvalue weighted by atomic mass is 9.77. The molecule has 1 aliphatic carbocycles. The third-order valence-electron chi connectivity index (χ3n) is 4.96. The van der Waals surface area contributed by atoms with Gasteiger partial charge in [-0.3, -0.25) is 4.90 Å². The molecule has 3 aliphatic heterocycles. The second-order valence-electron chi connectivity index (χ2n) is 5.63. The van der Waals surface area contributed by atoms with Crippen LogP contribution in [0.2, 0.25) is 0 Å². The van der Waals surface area contributed by atoms with Gasteiger partial charge < -0.3 is 4.74 Å². The topological polar surface area (TPSA) is 29.5 Å². The van der Waals surface area contributed by atoms with Gasteiger partial charge in [-0.25, -0.2) is 4.79 Å². The van der Waals surface area contributed by atoms with Crippen LogP contribution in [-0.2, 0) is 9.53 Å². The third kappa shape index (κ3) is 0.956. The number of carbonyl (C=O) groups is 1. The second-order valence-corrected chi connectivity index (χ2v) is 5.63. The van der Waals surface area contributed by atoms with Crippen molar-refractivity contribution < 1.29 is 9.53 Å². The third-order valence-corrected chi connectivity index (χ3v) is 4.96. The van der Waals surface area contributed by atoms with Crippen molar-refractivity contribution in [1.82, 2.24) is 4.90 Å². The molecule has 1 saturated carbocycles. The number of hydrogen-bond donors (Lipinski definition) is 0. The lowest BCUT2D eigenvalue weighted by Gasteiger charge is -2.38. The van der Waals surface area contributed by atoms with Crippen molar-refractivity contribution in [3.05, 3.63) is 11.6 Å². The number of fused-ring (bicyclic) bond motifs is 3. The van der Waals surface area contributed by atoms with E-state index >= 15 is 0 Å². The fraction of sp³-hybridized carbons (Fsp3) is 0.769. The standard InChI is InChI=1S/C13H17NO2/c15-12-7-9-4-5-10-8-13(9,16-12)11-3-1-2-6-14(10)11/h7,10-11H,1-6,8H2/t10-,11?,13+/m1/s1. The Labute approximate surface area is 95.4 Å². The highest BCUT2D eigenvalue weighted by atomic mass is 16.6. The summed E-state index contributed by atoms with van der Waals surface area (Å²) < 4.78 is 5.74. The van der Waals surface area contributed by atoms with E-state index < -0.39 is 0 Å². The van der Waals surface area contributed by atoms with Gasteiger partial charge >= 0.3 is 5.97 Å². The Morgan fingerprint density at radius 3 is 3.25 bits per heavy atom. The minimum absolute atomic E-state index is 0.0944. The van der Waals surface area contributed by atoms with Crippen LogP contribution in [0.25, 0.3) is 0 Å². The van der Waals surface area contributed by atoms with E-state index in [1.165, 1.54) is 37.8 Å². The molecular weight excluding hydrogens is 202 g/mol. The lowest BCUT2D eigenvalue weighted by Crippen LogP contribution is -2.48. The Bertz CT molecular complexity index is 389. The molecule has 3 heterocycles. The second kappa shape index (κ2) is 2.89. The number of rotatable bonds is 0. The summed E-state index contributed by atoms with van der Waals surface area (Å²) >= 11 is 0.